The van der Waals surface area contributed by atoms with Gasteiger partial charge in [-0.1, -0.05) is 26.0 Å². The molecule has 6 atom stereocenters. The van der Waals surface area contributed by atoms with Crippen molar-refractivity contribution in [2.24, 2.45) is 34.5 Å². The second kappa shape index (κ2) is 5.39. The molecule has 130 valence electrons. The Bertz CT molecular complexity index is 645. The normalized spacial score (nSPS) is 46.8. The van der Waals surface area contributed by atoms with Crippen LogP contribution in [0.25, 0.3) is 0 Å². The minimum atomic E-state index is -0.316. The summed E-state index contributed by atoms with van der Waals surface area (Å²) in [6.45, 7) is 4.31. The Morgan fingerprint density at radius 3 is 2.75 bits per heavy atom. The summed E-state index contributed by atoms with van der Waals surface area (Å²) in [6, 6.07) is 0. The van der Waals surface area contributed by atoms with Gasteiger partial charge in [0.1, 0.15) is 6.61 Å². The Morgan fingerprint density at radius 2 is 2.00 bits per heavy atom. The molecule has 0 saturated heterocycles. The number of ketones is 2. The molecule has 0 bridgehead atoms. The number of aliphatic hydroxyl groups excluding tert-OH is 1. The van der Waals surface area contributed by atoms with Gasteiger partial charge in [0.2, 0.25) is 0 Å². The van der Waals surface area contributed by atoms with Gasteiger partial charge < -0.3 is 5.11 Å². The first-order valence-corrected chi connectivity index (χ1v) is 9.47. The molecule has 1 N–H and O–H groups in total. The van der Waals surface area contributed by atoms with E-state index in [1.165, 1.54) is 5.57 Å². The summed E-state index contributed by atoms with van der Waals surface area (Å²) in [7, 11) is 0. The Hall–Kier alpha value is -1.22. The summed E-state index contributed by atoms with van der Waals surface area (Å²) < 4.78 is 0. The average Bonchev–Trinajstić information content (AvgIpc) is 2.92. The highest BCUT2D eigenvalue weighted by atomic mass is 16.3. The topological polar surface area (TPSA) is 54.4 Å². The van der Waals surface area contributed by atoms with E-state index >= 15 is 0 Å². The van der Waals surface area contributed by atoms with Crippen molar-refractivity contribution in [1.82, 2.24) is 0 Å². The molecule has 3 nitrogen and oxygen atoms in total. The molecular weight excluding hydrogens is 300 g/mol. The van der Waals surface area contributed by atoms with E-state index < -0.39 is 0 Å². The molecule has 0 aromatic heterocycles. The number of rotatable bonds is 2. The van der Waals surface area contributed by atoms with Crippen LogP contribution in [0.15, 0.2) is 23.8 Å². The van der Waals surface area contributed by atoms with Gasteiger partial charge in [0.25, 0.3) is 0 Å². The van der Waals surface area contributed by atoms with Crippen molar-refractivity contribution in [1.29, 1.82) is 0 Å². The van der Waals surface area contributed by atoms with Crippen LogP contribution in [0.5, 0.6) is 0 Å². The number of carbonyl (C=O) groups is 2. The maximum atomic E-state index is 12.2. The van der Waals surface area contributed by atoms with Crippen molar-refractivity contribution in [3.8, 4) is 0 Å². The standard InChI is InChI=1S/C21H28O3/c1-20-9-7-14(23)11-13(20)3-4-15-16-5-6-18(19(24)12-22)21(16,2)10-8-17(15)20/h3-4,11,15-18,22H,5-10,12H2,1-2H3/t15-,16-,17-,18+,20-,21-/m0/s1. The van der Waals surface area contributed by atoms with Crippen LogP contribution < -0.4 is 0 Å². The fourth-order valence-electron chi connectivity index (χ4n) is 6.64. The van der Waals surface area contributed by atoms with E-state index in [1.54, 1.807) is 0 Å². The Kier molecular flexibility index (Phi) is 3.65. The summed E-state index contributed by atoms with van der Waals surface area (Å²) in [5.41, 5.74) is 1.38. The quantitative estimate of drug-likeness (QED) is 0.844. The van der Waals surface area contributed by atoms with Crippen LogP contribution in [0, 0.1) is 34.5 Å². The monoisotopic (exact) mass is 328 g/mol. The molecule has 24 heavy (non-hydrogen) atoms. The van der Waals surface area contributed by atoms with Gasteiger partial charge in [-0.05, 0) is 72.3 Å². The van der Waals surface area contributed by atoms with Crippen LogP contribution in [0.1, 0.15) is 52.4 Å². The number of allylic oxidation sites excluding steroid dienone is 4. The lowest BCUT2D eigenvalue weighted by Crippen LogP contribution is -2.49. The minimum Gasteiger partial charge on any atom is -0.389 e. The molecule has 4 aliphatic rings. The van der Waals surface area contributed by atoms with E-state index in [1.807, 2.05) is 6.08 Å². The molecule has 0 aromatic carbocycles. The summed E-state index contributed by atoms with van der Waals surface area (Å²) >= 11 is 0. The van der Waals surface area contributed by atoms with Crippen LogP contribution >= 0.6 is 0 Å². The number of aliphatic hydroxyl groups is 1. The van der Waals surface area contributed by atoms with Gasteiger partial charge in [0.15, 0.2) is 11.6 Å². The van der Waals surface area contributed by atoms with Crippen molar-refractivity contribution in [2.45, 2.75) is 52.4 Å². The molecule has 0 spiro atoms. The van der Waals surface area contributed by atoms with Crippen LogP contribution in [0.4, 0.5) is 0 Å². The molecular formula is C21H28O3. The zero-order valence-corrected chi connectivity index (χ0v) is 14.8. The average molecular weight is 328 g/mol. The van der Waals surface area contributed by atoms with Crippen LogP contribution in [-0.2, 0) is 9.59 Å². The molecule has 0 heterocycles. The first-order chi connectivity index (χ1) is 11.4. The highest BCUT2D eigenvalue weighted by Crippen LogP contribution is 2.65. The molecule has 2 saturated carbocycles. The van der Waals surface area contributed by atoms with Crippen molar-refractivity contribution in [3.05, 3.63) is 23.8 Å². The predicted molar refractivity (Wildman–Crippen MR) is 92.2 cm³/mol. The first kappa shape index (κ1) is 16.3. The van der Waals surface area contributed by atoms with Gasteiger partial charge in [-0.2, -0.15) is 0 Å². The lowest BCUT2D eigenvalue weighted by molar-refractivity contribution is -0.131. The fraction of sp³-hybridized carbons (Fsp3) is 0.714. The largest absolute Gasteiger partial charge is 0.389 e. The summed E-state index contributed by atoms with van der Waals surface area (Å²) in [4.78, 5) is 24.1. The maximum absolute atomic E-state index is 12.2. The Morgan fingerprint density at radius 1 is 1.21 bits per heavy atom. The molecule has 0 radical (unpaired) electrons. The van der Waals surface area contributed by atoms with E-state index in [2.05, 4.69) is 26.0 Å². The Balaban J connectivity index is 1.70. The number of carbonyl (C=O) groups excluding carboxylic acids is 2. The third-order valence-electron chi connectivity index (χ3n) is 8.06. The molecule has 3 heteroatoms. The third kappa shape index (κ3) is 2.06. The van der Waals surface area contributed by atoms with Crippen molar-refractivity contribution in [2.75, 3.05) is 6.61 Å². The predicted octanol–water partition coefficient (Wildman–Crippen LogP) is 3.47. The fourth-order valence-corrected chi connectivity index (χ4v) is 6.64. The second-order valence-corrected chi connectivity index (χ2v) is 8.93. The molecule has 4 aliphatic carbocycles. The second-order valence-electron chi connectivity index (χ2n) is 8.93. The molecule has 0 amide bonds. The third-order valence-corrected chi connectivity index (χ3v) is 8.06. The minimum absolute atomic E-state index is 0.0273. The van der Waals surface area contributed by atoms with Gasteiger partial charge in [-0.3, -0.25) is 9.59 Å². The summed E-state index contributed by atoms with van der Waals surface area (Å²) in [5, 5.41) is 9.35. The highest BCUT2D eigenvalue weighted by Gasteiger charge is 2.59. The van der Waals surface area contributed by atoms with E-state index in [4.69, 9.17) is 0 Å². The highest BCUT2D eigenvalue weighted by molar-refractivity contribution is 5.92. The zero-order chi connectivity index (χ0) is 17.1. The van der Waals surface area contributed by atoms with Gasteiger partial charge in [-0.15, -0.1) is 0 Å². The number of Topliss-reactive ketones (excluding diaryl/α,β-unsaturated/α-hetero) is 1. The summed E-state index contributed by atoms with van der Waals surface area (Å²) in [5.74, 6) is 1.95. The van der Waals surface area contributed by atoms with Crippen LogP contribution in [-0.4, -0.2) is 23.3 Å². The van der Waals surface area contributed by atoms with Crippen LogP contribution in [0.2, 0.25) is 0 Å². The zero-order valence-electron chi connectivity index (χ0n) is 14.8. The lowest BCUT2D eigenvalue weighted by Gasteiger charge is -2.55. The SMILES string of the molecule is C[C@]12CC[C@H]3[C@@H](C=CC4=CC(=O)CC[C@@]43C)[C@@H]1CC[C@@H]2C(=O)CO. The summed E-state index contributed by atoms with van der Waals surface area (Å²) in [6.07, 6.45) is 12.3. The van der Waals surface area contributed by atoms with Gasteiger partial charge in [0.05, 0.1) is 0 Å². The molecule has 0 aliphatic heterocycles. The number of fused-ring (bicyclic) bond motifs is 5. The van der Waals surface area contributed by atoms with Gasteiger partial charge in [-0.25, -0.2) is 0 Å². The van der Waals surface area contributed by atoms with E-state index in [9.17, 15) is 14.7 Å². The molecule has 4 rings (SSSR count). The smallest absolute Gasteiger partial charge is 0.161 e. The van der Waals surface area contributed by atoms with Gasteiger partial charge >= 0.3 is 0 Å². The van der Waals surface area contributed by atoms with E-state index in [-0.39, 0.29) is 34.9 Å². The van der Waals surface area contributed by atoms with E-state index in [0.717, 1.165) is 32.1 Å². The van der Waals surface area contributed by atoms with Crippen molar-refractivity contribution < 1.29 is 14.7 Å². The lowest BCUT2D eigenvalue weighted by atomic mass is 9.48. The van der Waals surface area contributed by atoms with Crippen LogP contribution in [0.3, 0.4) is 0 Å². The number of hydrogen-bond acceptors (Lipinski definition) is 3. The molecule has 0 aromatic rings. The first-order valence-electron chi connectivity index (χ1n) is 9.47. The maximum Gasteiger partial charge on any atom is 0.161 e. The van der Waals surface area contributed by atoms with Crippen molar-refractivity contribution in [3.63, 3.8) is 0 Å². The van der Waals surface area contributed by atoms with Crippen molar-refractivity contribution >= 4 is 11.6 Å². The number of hydrogen-bond donors (Lipinski definition) is 1. The van der Waals surface area contributed by atoms with E-state index in [0.29, 0.717) is 24.2 Å². The molecule has 0 unspecified atom stereocenters. The Labute approximate surface area is 144 Å². The van der Waals surface area contributed by atoms with Gasteiger partial charge in [0, 0.05) is 12.3 Å². The molecule has 2 fully saturated rings.